The molecule has 0 unspecified atom stereocenters. The van der Waals surface area contributed by atoms with Crippen LogP contribution in [0, 0.1) is 12.3 Å². The third kappa shape index (κ3) is 3.36. The minimum absolute atomic E-state index is 0.584. The molecule has 2 fully saturated rings. The van der Waals surface area contributed by atoms with Crippen molar-refractivity contribution >= 4 is 22.7 Å². The summed E-state index contributed by atoms with van der Waals surface area (Å²) in [4.78, 5) is 14.1. The largest absolute Gasteiger partial charge is 0.297 e. The first kappa shape index (κ1) is 15.7. The number of likely N-dealkylation sites (tertiary alicyclic amines) is 1. The number of nitrogens with zero attached hydrogens (tertiary/aromatic N) is 4. The lowest BCUT2D eigenvalue weighted by Gasteiger charge is -2.33. The molecule has 1 saturated carbocycles. The second-order valence-corrected chi connectivity index (χ2v) is 9.10. The van der Waals surface area contributed by atoms with Crippen LogP contribution >= 0.6 is 22.7 Å². The van der Waals surface area contributed by atoms with Crippen LogP contribution in [-0.2, 0) is 13.1 Å². The summed E-state index contributed by atoms with van der Waals surface area (Å²) in [5.74, 6) is 0. The Hall–Kier alpha value is -0.820. The zero-order valence-corrected chi connectivity index (χ0v) is 15.5. The number of thiazole rings is 2. The summed E-state index contributed by atoms with van der Waals surface area (Å²) in [6.07, 6.45) is 5.96. The zero-order chi connectivity index (χ0) is 15.9. The van der Waals surface area contributed by atoms with E-state index in [1.54, 1.807) is 22.7 Å². The molecule has 4 rings (SSSR count). The van der Waals surface area contributed by atoms with Crippen molar-refractivity contribution in [2.24, 2.45) is 5.41 Å². The second-order valence-electron chi connectivity index (χ2n) is 7.06. The van der Waals surface area contributed by atoms with Crippen LogP contribution in [0.25, 0.3) is 0 Å². The van der Waals surface area contributed by atoms with E-state index in [1.165, 1.54) is 48.1 Å². The lowest BCUT2D eigenvalue weighted by molar-refractivity contribution is 0.138. The Labute approximate surface area is 146 Å². The molecule has 6 heteroatoms. The molecule has 23 heavy (non-hydrogen) atoms. The van der Waals surface area contributed by atoms with Crippen molar-refractivity contribution in [1.82, 2.24) is 19.8 Å². The summed E-state index contributed by atoms with van der Waals surface area (Å²) < 4.78 is 0. The van der Waals surface area contributed by atoms with Gasteiger partial charge in [0.1, 0.15) is 5.01 Å². The fraction of sp³-hybridized carbons (Fsp3) is 0.647. The minimum atomic E-state index is 0.584. The van der Waals surface area contributed by atoms with Gasteiger partial charge in [-0.05, 0) is 51.7 Å². The molecule has 0 amide bonds. The van der Waals surface area contributed by atoms with Gasteiger partial charge in [-0.3, -0.25) is 9.80 Å². The highest BCUT2D eigenvalue weighted by atomic mass is 32.1. The zero-order valence-electron chi connectivity index (χ0n) is 13.9. The van der Waals surface area contributed by atoms with Crippen LogP contribution in [0.15, 0.2) is 17.0 Å². The highest BCUT2D eigenvalue weighted by Gasteiger charge is 2.56. The standard InChI is InChI=1S/C17H24N4S2/c1-13-19-14(12-23-13)10-21-6-3-17(4-7-21)9-15(17)20(2)11-16-18-5-8-22-16/h5,8,12,15H,3-4,6-7,9-11H2,1-2H3/t15-/m1/s1. The van der Waals surface area contributed by atoms with Crippen molar-refractivity contribution in [2.45, 2.75) is 45.3 Å². The van der Waals surface area contributed by atoms with Gasteiger partial charge in [0.2, 0.25) is 0 Å². The minimum Gasteiger partial charge on any atom is -0.297 e. The number of aromatic nitrogens is 2. The Morgan fingerprint density at radius 2 is 2.17 bits per heavy atom. The van der Waals surface area contributed by atoms with Gasteiger partial charge >= 0.3 is 0 Å². The first-order chi connectivity index (χ1) is 11.1. The van der Waals surface area contributed by atoms with Crippen LogP contribution in [0.4, 0.5) is 0 Å². The van der Waals surface area contributed by atoms with Crippen molar-refractivity contribution in [1.29, 1.82) is 0 Å². The molecule has 3 heterocycles. The summed E-state index contributed by atoms with van der Waals surface area (Å²) >= 11 is 3.53. The van der Waals surface area contributed by atoms with Gasteiger partial charge < -0.3 is 0 Å². The van der Waals surface area contributed by atoms with E-state index in [0.717, 1.165) is 19.1 Å². The van der Waals surface area contributed by atoms with E-state index in [1.807, 2.05) is 6.20 Å². The van der Waals surface area contributed by atoms with Crippen LogP contribution in [0.3, 0.4) is 0 Å². The van der Waals surface area contributed by atoms with Gasteiger partial charge in [0.15, 0.2) is 0 Å². The van der Waals surface area contributed by atoms with Gasteiger partial charge in [-0.2, -0.15) is 0 Å². The Kier molecular flexibility index (Phi) is 4.26. The van der Waals surface area contributed by atoms with Crippen LogP contribution in [0.1, 0.15) is 35.0 Å². The van der Waals surface area contributed by atoms with Crippen LogP contribution < -0.4 is 0 Å². The molecule has 2 aromatic heterocycles. The highest BCUT2D eigenvalue weighted by molar-refractivity contribution is 7.09. The summed E-state index contributed by atoms with van der Waals surface area (Å²) in [6.45, 7) is 6.56. The molecule has 1 saturated heterocycles. The summed E-state index contributed by atoms with van der Waals surface area (Å²) in [5.41, 5.74) is 1.83. The maximum absolute atomic E-state index is 4.60. The second kappa shape index (κ2) is 6.24. The van der Waals surface area contributed by atoms with Gasteiger partial charge in [0.05, 0.1) is 17.2 Å². The quantitative estimate of drug-likeness (QED) is 0.829. The van der Waals surface area contributed by atoms with Crippen LogP contribution in [-0.4, -0.2) is 45.9 Å². The Balaban J connectivity index is 1.28. The van der Waals surface area contributed by atoms with E-state index < -0.39 is 0 Å². The van der Waals surface area contributed by atoms with Crippen molar-refractivity contribution in [3.63, 3.8) is 0 Å². The van der Waals surface area contributed by atoms with Crippen molar-refractivity contribution in [3.05, 3.63) is 32.7 Å². The van der Waals surface area contributed by atoms with E-state index in [4.69, 9.17) is 0 Å². The molecule has 1 aliphatic carbocycles. The van der Waals surface area contributed by atoms with Crippen LogP contribution in [0.5, 0.6) is 0 Å². The maximum Gasteiger partial charge on any atom is 0.107 e. The molecule has 0 aromatic carbocycles. The SMILES string of the molecule is Cc1nc(CN2CCC3(CC2)C[C@H]3N(C)Cc2nccs2)cs1. The number of hydrogen-bond acceptors (Lipinski definition) is 6. The average molecular weight is 349 g/mol. The van der Waals surface area contributed by atoms with Crippen molar-refractivity contribution < 1.29 is 0 Å². The third-order valence-corrected chi connectivity index (χ3v) is 7.04. The lowest BCUT2D eigenvalue weighted by atomic mass is 9.92. The van der Waals surface area contributed by atoms with E-state index in [9.17, 15) is 0 Å². The maximum atomic E-state index is 4.60. The van der Waals surface area contributed by atoms with Crippen molar-refractivity contribution in [2.75, 3.05) is 20.1 Å². The predicted octanol–water partition coefficient (Wildman–Crippen LogP) is 3.39. The molecule has 1 atom stereocenters. The van der Waals surface area contributed by atoms with E-state index in [2.05, 4.69) is 44.5 Å². The molecule has 2 aromatic rings. The predicted molar refractivity (Wildman–Crippen MR) is 95.8 cm³/mol. The normalized spacial score (nSPS) is 23.7. The first-order valence-corrected chi connectivity index (χ1v) is 10.1. The fourth-order valence-electron chi connectivity index (χ4n) is 4.01. The summed E-state index contributed by atoms with van der Waals surface area (Å²) in [5, 5.41) is 6.71. The van der Waals surface area contributed by atoms with E-state index >= 15 is 0 Å². The molecule has 4 nitrogen and oxygen atoms in total. The molecule has 0 bridgehead atoms. The number of hydrogen-bond donors (Lipinski definition) is 0. The topological polar surface area (TPSA) is 32.3 Å². The van der Waals surface area contributed by atoms with Crippen LogP contribution in [0.2, 0.25) is 0 Å². The molecular weight excluding hydrogens is 324 g/mol. The number of rotatable bonds is 5. The molecule has 0 radical (unpaired) electrons. The fourth-order valence-corrected chi connectivity index (χ4v) is 5.29. The lowest BCUT2D eigenvalue weighted by Crippen LogP contribution is -2.37. The third-order valence-electron chi connectivity index (χ3n) is 5.45. The molecule has 124 valence electrons. The first-order valence-electron chi connectivity index (χ1n) is 8.37. The van der Waals surface area contributed by atoms with Gasteiger partial charge in [0, 0.05) is 29.5 Å². The molecule has 1 spiro atoms. The average Bonchev–Trinajstić information content (AvgIpc) is 2.88. The van der Waals surface area contributed by atoms with Gasteiger partial charge in [0.25, 0.3) is 0 Å². The Bertz CT molecular complexity index is 643. The monoisotopic (exact) mass is 348 g/mol. The molecule has 0 N–H and O–H groups in total. The number of aryl methyl sites for hydroxylation is 1. The number of piperidine rings is 1. The summed E-state index contributed by atoms with van der Waals surface area (Å²) in [7, 11) is 2.27. The molecule has 2 aliphatic rings. The van der Waals surface area contributed by atoms with Crippen molar-refractivity contribution in [3.8, 4) is 0 Å². The Morgan fingerprint density at radius 1 is 1.35 bits per heavy atom. The molecule has 1 aliphatic heterocycles. The van der Waals surface area contributed by atoms with E-state index in [0.29, 0.717) is 5.41 Å². The van der Waals surface area contributed by atoms with E-state index in [-0.39, 0.29) is 0 Å². The van der Waals surface area contributed by atoms with Gasteiger partial charge in [-0.25, -0.2) is 9.97 Å². The molecular formula is C17H24N4S2. The smallest absolute Gasteiger partial charge is 0.107 e. The Morgan fingerprint density at radius 3 is 2.83 bits per heavy atom. The highest BCUT2D eigenvalue weighted by Crippen LogP contribution is 2.56. The van der Waals surface area contributed by atoms with Gasteiger partial charge in [-0.1, -0.05) is 0 Å². The van der Waals surface area contributed by atoms with Gasteiger partial charge in [-0.15, -0.1) is 22.7 Å². The summed E-state index contributed by atoms with van der Waals surface area (Å²) in [6, 6.07) is 0.759.